The van der Waals surface area contributed by atoms with Crippen LogP contribution >= 0.6 is 15.9 Å². The number of anilines is 1. The molecule has 0 saturated carbocycles. The normalized spacial score (nSPS) is 9.30. The zero-order valence-corrected chi connectivity index (χ0v) is 6.63. The Morgan fingerprint density at radius 2 is 2.30 bits per heavy atom. The molecule has 0 aliphatic heterocycles. The third-order valence-corrected chi connectivity index (χ3v) is 1.68. The van der Waals surface area contributed by atoms with Crippen LogP contribution < -0.4 is 5.73 Å². The Morgan fingerprint density at radius 3 is 2.80 bits per heavy atom. The molecular formula is C6H5BrN2O. The number of halogens is 1. The van der Waals surface area contributed by atoms with E-state index in [1.165, 1.54) is 0 Å². The fourth-order valence-corrected chi connectivity index (χ4v) is 0.871. The predicted molar refractivity (Wildman–Crippen MR) is 41.7 cm³/mol. The van der Waals surface area contributed by atoms with Gasteiger partial charge in [0.05, 0.1) is 0 Å². The third-order valence-electron chi connectivity index (χ3n) is 1.01. The molecule has 0 bridgehead atoms. The van der Waals surface area contributed by atoms with Gasteiger partial charge in [0.25, 0.3) is 0 Å². The second kappa shape index (κ2) is 2.79. The van der Waals surface area contributed by atoms with E-state index in [2.05, 4.69) is 20.9 Å². The number of hydrogen-bond acceptors (Lipinski definition) is 3. The second-order valence-electron chi connectivity index (χ2n) is 1.72. The third kappa shape index (κ3) is 1.33. The van der Waals surface area contributed by atoms with Crippen LogP contribution in [-0.4, -0.2) is 11.3 Å². The highest BCUT2D eigenvalue weighted by Gasteiger charge is 1.98. The quantitative estimate of drug-likeness (QED) is 0.695. The maximum absolute atomic E-state index is 10.2. The molecule has 1 aromatic heterocycles. The van der Waals surface area contributed by atoms with Crippen molar-refractivity contribution in [1.29, 1.82) is 0 Å². The van der Waals surface area contributed by atoms with Crippen molar-refractivity contribution in [2.75, 3.05) is 5.73 Å². The van der Waals surface area contributed by atoms with Gasteiger partial charge in [-0.2, -0.15) is 0 Å². The molecule has 1 heterocycles. The summed E-state index contributed by atoms with van der Waals surface area (Å²) < 4.78 is 0.664. The van der Waals surface area contributed by atoms with E-state index in [0.29, 0.717) is 22.3 Å². The number of pyridine rings is 1. The highest BCUT2D eigenvalue weighted by Crippen LogP contribution is 2.13. The number of nitrogens with zero attached hydrogens (tertiary/aromatic N) is 1. The van der Waals surface area contributed by atoms with Crippen molar-refractivity contribution in [1.82, 2.24) is 4.98 Å². The minimum absolute atomic E-state index is 0.333. The topological polar surface area (TPSA) is 56.0 Å². The zero-order chi connectivity index (χ0) is 7.56. The van der Waals surface area contributed by atoms with Crippen molar-refractivity contribution >= 4 is 28.0 Å². The Balaban J connectivity index is 3.21. The first-order valence-electron chi connectivity index (χ1n) is 2.61. The Hall–Kier alpha value is -0.900. The van der Waals surface area contributed by atoms with Crippen molar-refractivity contribution in [3.8, 4) is 0 Å². The highest BCUT2D eigenvalue weighted by atomic mass is 79.9. The molecule has 52 valence electrons. The van der Waals surface area contributed by atoms with Gasteiger partial charge in [0.1, 0.15) is 11.5 Å². The maximum Gasteiger partial charge on any atom is 0.169 e. The molecule has 4 heteroatoms. The van der Waals surface area contributed by atoms with Crippen molar-refractivity contribution in [2.45, 2.75) is 0 Å². The molecule has 0 spiro atoms. The first kappa shape index (κ1) is 7.21. The van der Waals surface area contributed by atoms with Gasteiger partial charge < -0.3 is 5.73 Å². The summed E-state index contributed by atoms with van der Waals surface area (Å²) in [6.07, 6.45) is 0.653. The second-order valence-corrected chi connectivity index (χ2v) is 2.58. The summed E-state index contributed by atoms with van der Waals surface area (Å²) in [6, 6.07) is 3.31. The van der Waals surface area contributed by atoms with E-state index in [9.17, 15) is 4.79 Å². The number of carbonyl (C=O) groups is 1. The number of carbonyl (C=O) groups excluding carboxylic acids is 1. The van der Waals surface area contributed by atoms with Gasteiger partial charge in [0.2, 0.25) is 0 Å². The van der Waals surface area contributed by atoms with E-state index < -0.39 is 0 Å². The van der Waals surface area contributed by atoms with Crippen molar-refractivity contribution in [2.24, 2.45) is 0 Å². The van der Waals surface area contributed by atoms with Crippen LogP contribution in [0.1, 0.15) is 10.5 Å². The van der Waals surface area contributed by atoms with Gasteiger partial charge in [-0.25, -0.2) is 4.98 Å². The van der Waals surface area contributed by atoms with Crippen LogP contribution in [0.5, 0.6) is 0 Å². The standard InChI is InChI=1S/C6H5BrN2O/c7-4-1-2-6(8)9-5(4)3-10/h1-3H,(H2,8,9). The molecule has 1 aromatic rings. The summed E-state index contributed by atoms with van der Waals surface area (Å²) in [5.41, 5.74) is 5.65. The van der Waals surface area contributed by atoms with Crippen molar-refractivity contribution < 1.29 is 4.79 Å². The smallest absolute Gasteiger partial charge is 0.169 e. The van der Waals surface area contributed by atoms with Crippen LogP contribution in [0.3, 0.4) is 0 Å². The fourth-order valence-electron chi connectivity index (χ4n) is 0.556. The molecule has 0 saturated heterocycles. The Bertz CT molecular complexity index is 262. The lowest BCUT2D eigenvalue weighted by Gasteiger charge is -1.94. The maximum atomic E-state index is 10.2. The minimum Gasteiger partial charge on any atom is -0.384 e. The fraction of sp³-hybridized carbons (Fsp3) is 0. The number of aldehydes is 1. The molecule has 0 aliphatic rings. The molecule has 3 nitrogen and oxygen atoms in total. The van der Waals surface area contributed by atoms with Gasteiger partial charge in [0.15, 0.2) is 6.29 Å². The van der Waals surface area contributed by atoms with Gasteiger partial charge in [-0.3, -0.25) is 4.79 Å². The van der Waals surface area contributed by atoms with Crippen LogP contribution in [0.4, 0.5) is 5.82 Å². The summed E-state index contributed by atoms with van der Waals surface area (Å²) in [6.45, 7) is 0. The lowest BCUT2D eigenvalue weighted by atomic mass is 10.4. The minimum atomic E-state index is 0.333. The van der Waals surface area contributed by atoms with Gasteiger partial charge in [-0.1, -0.05) is 0 Å². The SMILES string of the molecule is Nc1ccc(Br)c(C=O)n1. The van der Waals surface area contributed by atoms with Gasteiger partial charge >= 0.3 is 0 Å². The van der Waals surface area contributed by atoms with Gasteiger partial charge in [-0.05, 0) is 28.1 Å². The molecule has 1 rings (SSSR count). The van der Waals surface area contributed by atoms with Gasteiger partial charge in [0, 0.05) is 4.47 Å². The van der Waals surface area contributed by atoms with Crippen molar-refractivity contribution in [3.63, 3.8) is 0 Å². The van der Waals surface area contributed by atoms with Crippen LogP contribution in [0.15, 0.2) is 16.6 Å². The Labute approximate surface area is 66.4 Å². The number of rotatable bonds is 1. The van der Waals surface area contributed by atoms with E-state index in [0.717, 1.165) is 0 Å². The summed E-state index contributed by atoms with van der Waals surface area (Å²) >= 11 is 3.14. The lowest BCUT2D eigenvalue weighted by molar-refractivity contribution is 0.111. The molecule has 0 fully saturated rings. The first-order chi connectivity index (χ1) is 4.74. The van der Waals surface area contributed by atoms with E-state index in [-0.39, 0.29) is 0 Å². The average molecular weight is 201 g/mol. The molecule has 0 aromatic carbocycles. The largest absolute Gasteiger partial charge is 0.384 e. The van der Waals surface area contributed by atoms with Crippen LogP contribution in [0.2, 0.25) is 0 Å². The van der Waals surface area contributed by atoms with Crippen molar-refractivity contribution in [3.05, 3.63) is 22.3 Å². The van der Waals surface area contributed by atoms with E-state index in [1.807, 2.05) is 0 Å². The predicted octanol–water partition coefficient (Wildman–Crippen LogP) is 1.24. The Morgan fingerprint density at radius 1 is 1.60 bits per heavy atom. The molecule has 0 amide bonds. The molecule has 0 unspecified atom stereocenters. The summed E-state index contributed by atoms with van der Waals surface area (Å²) in [7, 11) is 0. The lowest BCUT2D eigenvalue weighted by Crippen LogP contribution is -1.94. The van der Waals surface area contributed by atoms with E-state index >= 15 is 0 Å². The first-order valence-corrected chi connectivity index (χ1v) is 3.40. The molecule has 0 radical (unpaired) electrons. The van der Waals surface area contributed by atoms with Crippen LogP contribution in [0.25, 0.3) is 0 Å². The number of aromatic nitrogens is 1. The zero-order valence-electron chi connectivity index (χ0n) is 5.04. The van der Waals surface area contributed by atoms with Crippen LogP contribution in [0, 0.1) is 0 Å². The van der Waals surface area contributed by atoms with Gasteiger partial charge in [-0.15, -0.1) is 0 Å². The summed E-state index contributed by atoms with van der Waals surface area (Å²) in [4.78, 5) is 14.0. The average Bonchev–Trinajstić information content (AvgIpc) is 1.94. The molecule has 2 N–H and O–H groups in total. The van der Waals surface area contributed by atoms with E-state index in [1.54, 1.807) is 12.1 Å². The summed E-state index contributed by atoms with van der Waals surface area (Å²) in [5.74, 6) is 0.352. The monoisotopic (exact) mass is 200 g/mol. The Kier molecular flexibility index (Phi) is 2.01. The highest BCUT2D eigenvalue weighted by molar-refractivity contribution is 9.10. The molecule has 0 aliphatic carbocycles. The van der Waals surface area contributed by atoms with E-state index in [4.69, 9.17) is 5.73 Å². The number of nitrogens with two attached hydrogens (primary N) is 1. The summed E-state index contributed by atoms with van der Waals surface area (Å²) in [5, 5.41) is 0. The number of hydrogen-bond donors (Lipinski definition) is 1. The molecular weight excluding hydrogens is 196 g/mol. The number of nitrogen functional groups attached to an aromatic ring is 1. The molecule has 10 heavy (non-hydrogen) atoms. The van der Waals surface area contributed by atoms with Crippen LogP contribution in [-0.2, 0) is 0 Å². The molecule has 0 atom stereocenters.